The van der Waals surface area contributed by atoms with Crippen LogP contribution in [0.4, 0.5) is 0 Å². The fourth-order valence-corrected chi connectivity index (χ4v) is 3.67. The Morgan fingerprint density at radius 1 is 1.16 bits per heavy atom. The number of rotatable bonds is 2. The van der Waals surface area contributed by atoms with Crippen molar-refractivity contribution in [1.82, 2.24) is 4.31 Å². The van der Waals surface area contributed by atoms with Gasteiger partial charge < -0.3 is 4.42 Å². The van der Waals surface area contributed by atoms with Crippen LogP contribution in [0.25, 0.3) is 0 Å². The molecule has 19 heavy (non-hydrogen) atoms. The Morgan fingerprint density at radius 2 is 1.89 bits per heavy atom. The molecular formula is C14H15NO3S. The van der Waals surface area contributed by atoms with Crippen molar-refractivity contribution < 1.29 is 12.8 Å². The second kappa shape index (κ2) is 4.51. The highest BCUT2D eigenvalue weighted by Gasteiger charge is 2.29. The SMILES string of the molecule is Cc1ccc(S(=O)(=O)N2CCc3ccoc3C2)cc1. The lowest BCUT2D eigenvalue weighted by atomic mass is 10.1. The Balaban J connectivity index is 1.92. The predicted octanol–water partition coefficient (Wildman–Crippen LogP) is 2.34. The van der Waals surface area contributed by atoms with E-state index in [9.17, 15) is 8.42 Å². The van der Waals surface area contributed by atoms with Gasteiger partial charge in [-0.2, -0.15) is 4.31 Å². The Hall–Kier alpha value is -1.59. The number of furan rings is 1. The van der Waals surface area contributed by atoms with Gasteiger partial charge in [-0.1, -0.05) is 17.7 Å². The summed E-state index contributed by atoms with van der Waals surface area (Å²) in [5.74, 6) is 0.752. The van der Waals surface area contributed by atoms with Crippen LogP contribution in [-0.4, -0.2) is 19.3 Å². The first-order valence-corrected chi connectivity index (χ1v) is 7.63. The summed E-state index contributed by atoms with van der Waals surface area (Å²) < 4.78 is 31.8. The van der Waals surface area contributed by atoms with E-state index in [0.29, 0.717) is 24.4 Å². The molecule has 0 unspecified atom stereocenters. The first kappa shape index (κ1) is 12.4. The van der Waals surface area contributed by atoms with E-state index in [1.165, 1.54) is 4.31 Å². The molecule has 4 nitrogen and oxygen atoms in total. The normalized spacial score (nSPS) is 16.3. The molecule has 0 N–H and O–H groups in total. The summed E-state index contributed by atoms with van der Waals surface area (Å²) in [6.45, 7) is 2.76. The van der Waals surface area contributed by atoms with Crippen LogP contribution in [0.2, 0.25) is 0 Å². The van der Waals surface area contributed by atoms with E-state index in [-0.39, 0.29) is 0 Å². The van der Waals surface area contributed by atoms with Crippen LogP contribution in [-0.2, 0) is 23.0 Å². The zero-order valence-corrected chi connectivity index (χ0v) is 11.5. The van der Waals surface area contributed by atoms with Crippen LogP contribution in [0.3, 0.4) is 0 Å². The van der Waals surface area contributed by atoms with E-state index in [0.717, 1.165) is 16.9 Å². The smallest absolute Gasteiger partial charge is 0.243 e. The molecule has 0 fully saturated rings. The summed E-state index contributed by atoms with van der Waals surface area (Å²) in [5, 5.41) is 0. The molecule has 0 saturated carbocycles. The minimum absolute atomic E-state index is 0.318. The zero-order valence-electron chi connectivity index (χ0n) is 10.7. The molecule has 3 rings (SSSR count). The van der Waals surface area contributed by atoms with Gasteiger partial charge in [0.2, 0.25) is 10.0 Å². The second-order valence-corrected chi connectivity index (χ2v) is 6.71. The summed E-state index contributed by atoms with van der Waals surface area (Å²) in [4.78, 5) is 0.341. The number of benzene rings is 1. The van der Waals surface area contributed by atoms with Gasteiger partial charge in [0, 0.05) is 6.54 Å². The monoisotopic (exact) mass is 277 g/mol. The highest BCUT2D eigenvalue weighted by atomic mass is 32.2. The highest BCUT2D eigenvalue weighted by Crippen LogP contribution is 2.25. The van der Waals surface area contributed by atoms with Crippen molar-refractivity contribution in [2.45, 2.75) is 24.8 Å². The predicted molar refractivity (Wildman–Crippen MR) is 71.2 cm³/mol. The van der Waals surface area contributed by atoms with Gasteiger partial charge in [0.1, 0.15) is 5.76 Å². The molecule has 2 aromatic rings. The topological polar surface area (TPSA) is 50.5 Å². The van der Waals surface area contributed by atoms with Gasteiger partial charge in [-0.15, -0.1) is 0 Å². The molecule has 2 heterocycles. The van der Waals surface area contributed by atoms with Gasteiger partial charge in [0.15, 0.2) is 0 Å². The molecule has 100 valence electrons. The molecule has 0 aliphatic carbocycles. The Morgan fingerprint density at radius 3 is 2.63 bits per heavy atom. The lowest BCUT2D eigenvalue weighted by Crippen LogP contribution is -2.35. The summed E-state index contributed by atoms with van der Waals surface area (Å²) in [6.07, 6.45) is 2.32. The van der Waals surface area contributed by atoms with Crippen molar-refractivity contribution in [2.75, 3.05) is 6.54 Å². The van der Waals surface area contributed by atoms with Crippen molar-refractivity contribution in [3.8, 4) is 0 Å². The summed E-state index contributed by atoms with van der Waals surface area (Å²) in [5.41, 5.74) is 2.15. The first-order valence-electron chi connectivity index (χ1n) is 6.19. The molecule has 0 amide bonds. The fraction of sp³-hybridized carbons (Fsp3) is 0.286. The maximum Gasteiger partial charge on any atom is 0.243 e. The molecule has 1 aromatic carbocycles. The molecule has 0 atom stereocenters. The van der Waals surface area contributed by atoms with E-state index in [2.05, 4.69) is 0 Å². The van der Waals surface area contributed by atoms with Crippen molar-refractivity contribution in [2.24, 2.45) is 0 Å². The standard InChI is InChI=1S/C14H15NO3S/c1-11-2-4-13(5-3-11)19(16,17)15-8-6-12-7-9-18-14(12)10-15/h2-5,7,9H,6,8,10H2,1H3. The number of aryl methyl sites for hydroxylation is 1. The average Bonchev–Trinajstić information content (AvgIpc) is 2.86. The number of nitrogens with zero attached hydrogens (tertiary/aromatic N) is 1. The Kier molecular flexibility index (Phi) is 2.95. The van der Waals surface area contributed by atoms with Crippen molar-refractivity contribution in [1.29, 1.82) is 0 Å². The van der Waals surface area contributed by atoms with Crippen LogP contribution < -0.4 is 0 Å². The van der Waals surface area contributed by atoms with Crippen LogP contribution >= 0.6 is 0 Å². The third kappa shape index (κ3) is 2.19. The minimum Gasteiger partial charge on any atom is -0.468 e. The molecule has 0 radical (unpaired) electrons. The van der Waals surface area contributed by atoms with Gasteiger partial charge in [-0.25, -0.2) is 8.42 Å². The quantitative estimate of drug-likeness (QED) is 0.846. The first-order chi connectivity index (χ1) is 9.07. The minimum atomic E-state index is -3.43. The van der Waals surface area contributed by atoms with Crippen LogP contribution in [0.15, 0.2) is 45.9 Å². The number of hydrogen-bond acceptors (Lipinski definition) is 3. The molecular weight excluding hydrogens is 262 g/mol. The maximum atomic E-state index is 12.5. The van der Waals surface area contributed by atoms with Gasteiger partial charge in [-0.3, -0.25) is 0 Å². The van der Waals surface area contributed by atoms with Crippen molar-refractivity contribution in [3.63, 3.8) is 0 Å². The lowest BCUT2D eigenvalue weighted by Gasteiger charge is -2.25. The van der Waals surface area contributed by atoms with Crippen LogP contribution in [0, 0.1) is 6.92 Å². The molecule has 0 saturated heterocycles. The van der Waals surface area contributed by atoms with Gasteiger partial charge in [-0.05, 0) is 37.1 Å². The molecule has 0 spiro atoms. The fourth-order valence-electron chi connectivity index (χ4n) is 2.28. The zero-order chi connectivity index (χ0) is 13.5. The lowest BCUT2D eigenvalue weighted by molar-refractivity contribution is 0.343. The second-order valence-electron chi connectivity index (χ2n) is 4.77. The third-order valence-electron chi connectivity index (χ3n) is 3.45. The van der Waals surface area contributed by atoms with Crippen molar-refractivity contribution in [3.05, 3.63) is 53.5 Å². The summed E-state index contributed by atoms with van der Waals surface area (Å²) in [6, 6.07) is 8.85. The summed E-state index contributed by atoms with van der Waals surface area (Å²) in [7, 11) is -3.43. The van der Waals surface area contributed by atoms with E-state index in [4.69, 9.17) is 4.42 Å². The number of hydrogen-bond donors (Lipinski definition) is 0. The molecule has 5 heteroatoms. The van der Waals surface area contributed by atoms with Gasteiger partial charge in [0.05, 0.1) is 17.7 Å². The van der Waals surface area contributed by atoms with E-state index in [1.807, 2.05) is 25.1 Å². The van der Waals surface area contributed by atoms with E-state index in [1.54, 1.807) is 18.4 Å². The van der Waals surface area contributed by atoms with E-state index < -0.39 is 10.0 Å². The maximum absolute atomic E-state index is 12.5. The third-order valence-corrected chi connectivity index (χ3v) is 5.31. The molecule has 1 aliphatic rings. The Labute approximate surface area is 112 Å². The molecule has 0 bridgehead atoms. The molecule has 1 aromatic heterocycles. The highest BCUT2D eigenvalue weighted by molar-refractivity contribution is 7.89. The summed E-state index contributed by atoms with van der Waals surface area (Å²) >= 11 is 0. The van der Waals surface area contributed by atoms with Gasteiger partial charge in [0.25, 0.3) is 0 Å². The molecule has 1 aliphatic heterocycles. The number of fused-ring (bicyclic) bond motifs is 1. The largest absolute Gasteiger partial charge is 0.468 e. The number of sulfonamides is 1. The van der Waals surface area contributed by atoms with E-state index >= 15 is 0 Å². The van der Waals surface area contributed by atoms with Crippen LogP contribution in [0.5, 0.6) is 0 Å². The Bertz CT molecular complexity index is 686. The van der Waals surface area contributed by atoms with Crippen molar-refractivity contribution >= 4 is 10.0 Å². The van der Waals surface area contributed by atoms with Crippen LogP contribution in [0.1, 0.15) is 16.9 Å². The average molecular weight is 277 g/mol. The van der Waals surface area contributed by atoms with Gasteiger partial charge >= 0.3 is 0 Å².